The quantitative estimate of drug-likeness (QED) is 0.885. The molecule has 0 atom stereocenters. The third kappa shape index (κ3) is 3.21. The van der Waals surface area contributed by atoms with E-state index in [2.05, 4.69) is 10.6 Å². The fourth-order valence-electron chi connectivity index (χ4n) is 2.74. The van der Waals surface area contributed by atoms with E-state index < -0.39 is 0 Å². The van der Waals surface area contributed by atoms with Crippen LogP contribution in [0.25, 0.3) is 0 Å². The molecule has 128 valence electrons. The fraction of sp³-hybridized carbons (Fsp3) is 0.222. The Labute approximate surface area is 143 Å². The largest absolute Gasteiger partial charge is 0.482 e. The van der Waals surface area contributed by atoms with E-state index in [9.17, 15) is 9.59 Å². The second-order valence-electron chi connectivity index (χ2n) is 5.74. The summed E-state index contributed by atoms with van der Waals surface area (Å²) < 4.78 is 15.9. The average molecular weight is 340 g/mol. The van der Waals surface area contributed by atoms with Crippen LogP contribution in [0.5, 0.6) is 17.2 Å². The van der Waals surface area contributed by atoms with E-state index in [1.807, 2.05) is 18.2 Å². The van der Waals surface area contributed by atoms with Crippen LogP contribution < -0.4 is 24.8 Å². The molecule has 2 amide bonds. The van der Waals surface area contributed by atoms with Gasteiger partial charge in [0, 0.05) is 12.1 Å². The van der Waals surface area contributed by atoms with E-state index in [-0.39, 0.29) is 25.2 Å². The molecule has 2 aliphatic heterocycles. The molecule has 4 rings (SSSR count). The lowest BCUT2D eigenvalue weighted by Crippen LogP contribution is -2.28. The lowest BCUT2D eigenvalue weighted by atomic mass is 10.1. The topological polar surface area (TPSA) is 85.9 Å². The zero-order valence-corrected chi connectivity index (χ0v) is 13.3. The van der Waals surface area contributed by atoms with Gasteiger partial charge in [-0.05, 0) is 42.3 Å². The van der Waals surface area contributed by atoms with Gasteiger partial charge < -0.3 is 24.8 Å². The van der Waals surface area contributed by atoms with Gasteiger partial charge in [0.15, 0.2) is 18.1 Å². The summed E-state index contributed by atoms with van der Waals surface area (Å²) in [6.07, 6.45) is 0.674. The van der Waals surface area contributed by atoms with Crippen molar-refractivity contribution in [3.05, 3.63) is 47.5 Å². The summed E-state index contributed by atoms with van der Waals surface area (Å²) in [5.74, 6) is 1.60. The first-order valence-electron chi connectivity index (χ1n) is 7.92. The predicted octanol–water partition coefficient (Wildman–Crippen LogP) is 1.72. The molecule has 7 nitrogen and oxygen atoms in total. The Morgan fingerprint density at radius 1 is 1.04 bits per heavy atom. The summed E-state index contributed by atoms with van der Waals surface area (Å²) in [7, 11) is 0. The number of amides is 2. The highest BCUT2D eigenvalue weighted by atomic mass is 16.7. The molecule has 2 heterocycles. The number of carbonyl (C=O) groups excluding carboxylic acids is 2. The van der Waals surface area contributed by atoms with Crippen LogP contribution in [0.15, 0.2) is 36.4 Å². The van der Waals surface area contributed by atoms with Crippen molar-refractivity contribution in [3.8, 4) is 17.2 Å². The summed E-state index contributed by atoms with van der Waals surface area (Å²) in [5.41, 5.74) is 2.03. The maximum Gasteiger partial charge on any atom is 0.262 e. The van der Waals surface area contributed by atoms with Crippen LogP contribution in [0.2, 0.25) is 0 Å². The van der Waals surface area contributed by atoms with Crippen LogP contribution >= 0.6 is 0 Å². The summed E-state index contributed by atoms with van der Waals surface area (Å²) in [6.45, 7) is 0.723. The van der Waals surface area contributed by atoms with Crippen LogP contribution in [0.4, 0.5) is 5.69 Å². The van der Waals surface area contributed by atoms with E-state index in [0.717, 1.165) is 17.1 Å². The van der Waals surface area contributed by atoms with Gasteiger partial charge in [-0.1, -0.05) is 6.07 Å². The van der Waals surface area contributed by atoms with Crippen molar-refractivity contribution in [3.63, 3.8) is 0 Å². The summed E-state index contributed by atoms with van der Waals surface area (Å²) >= 11 is 0. The zero-order valence-electron chi connectivity index (χ0n) is 13.3. The first-order chi connectivity index (χ1) is 12.2. The molecule has 0 saturated heterocycles. The molecule has 25 heavy (non-hydrogen) atoms. The lowest BCUT2D eigenvalue weighted by Gasteiger charge is -2.18. The Kier molecular flexibility index (Phi) is 3.89. The third-order valence-electron chi connectivity index (χ3n) is 4.01. The van der Waals surface area contributed by atoms with Gasteiger partial charge in [0.2, 0.25) is 6.79 Å². The second kappa shape index (κ2) is 6.35. The molecule has 0 aliphatic carbocycles. The number of hydrogen-bond acceptors (Lipinski definition) is 5. The van der Waals surface area contributed by atoms with Crippen molar-refractivity contribution in [2.45, 2.75) is 6.42 Å². The number of ether oxygens (including phenoxy) is 3. The van der Waals surface area contributed by atoms with Gasteiger partial charge in [0.25, 0.3) is 11.8 Å². The van der Waals surface area contributed by atoms with Gasteiger partial charge in [-0.2, -0.15) is 0 Å². The second-order valence-corrected chi connectivity index (χ2v) is 5.74. The highest BCUT2D eigenvalue weighted by Gasteiger charge is 2.18. The van der Waals surface area contributed by atoms with Gasteiger partial charge >= 0.3 is 0 Å². The van der Waals surface area contributed by atoms with Gasteiger partial charge in [-0.25, -0.2) is 0 Å². The summed E-state index contributed by atoms with van der Waals surface area (Å²) in [4.78, 5) is 23.6. The van der Waals surface area contributed by atoms with Gasteiger partial charge in [0.1, 0.15) is 5.75 Å². The van der Waals surface area contributed by atoms with E-state index >= 15 is 0 Å². The Hall–Kier alpha value is -3.22. The van der Waals surface area contributed by atoms with Crippen LogP contribution in [0, 0.1) is 0 Å². The van der Waals surface area contributed by atoms with Crippen LogP contribution in [0.3, 0.4) is 0 Å². The molecule has 0 bridgehead atoms. The van der Waals surface area contributed by atoms with Crippen molar-refractivity contribution in [1.29, 1.82) is 0 Å². The average Bonchev–Trinajstić information content (AvgIpc) is 3.08. The van der Waals surface area contributed by atoms with Crippen LogP contribution in [-0.4, -0.2) is 31.8 Å². The first kappa shape index (κ1) is 15.3. The molecule has 0 unspecified atom stereocenters. The molecular formula is C18H16N2O5. The maximum atomic E-state index is 12.3. The minimum Gasteiger partial charge on any atom is -0.482 e. The van der Waals surface area contributed by atoms with Crippen molar-refractivity contribution < 1.29 is 23.8 Å². The normalized spacial score (nSPS) is 14.3. The first-order valence-corrected chi connectivity index (χ1v) is 7.92. The molecular weight excluding hydrogens is 324 g/mol. The molecule has 0 spiro atoms. The zero-order chi connectivity index (χ0) is 17.2. The van der Waals surface area contributed by atoms with Gasteiger partial charge in [0.05, 0.1) is 5.69 Å². The smallest absolute Gasteiger partial charge is 0.262 e. The predicted molar refractivity (Wildman–Crippen MR) is 89.2 cm³/mol. The van der Waals surface area contributed by atoms with Gasteiger partial charge in [-0.3, -0.25) is 9.59 Å². The number of hydrogen-bond donors (Lipinski definition) is 2. The molecule has 2 aliphatic rings. The SMILES string of the molecule is O=C1COc2ccc(C(=O)NCCc3ccc4c(c3)OCO4)cc2N1. The summed E-state index contributed by atoms with van der Waals surface area (Å²) in [6, 6.07) is 10.7. The standard InChI is InChI=1S/C18H16N2O5/c21-17-9-23-14-4-2-12(8-13(14)20-17)18(22)19-6-5-11-1-3-15-16(7-11)25-10-24-15/h1-4,7-8H,5-6,9-10H2,(H,19,22)(H,20,21). The number of nitrogens with one attached hydrogen (secondary N) is 2. The highest BCUT2D eigenvalue weighted by Crippen LogP contribution is 2.32. The number of rotatable bonds is 4. The monoisotopic (exact) mass is 340 g/mol. The minimum atomic E-state index is -0.229. The van der Waals surface area contributed by atoms with Crippen molar-refractivity contribution in [1.82, 2.24) is 5.32 Å². The molecule has 0 saturated carbocycles. The van der Waals surface area contributed by atoms with Crippen molar-refractivity contribution >= 4 is 17.5 Å². The molecule has 2 aromatic carbocycles. The number of fused-ring (bicyclic) bond motifs is 2. The van der Waals surface area contributed by atoms with Crippen LogP contribution in [-0.2, 0) is 11.2 Å². The number of anilines is 1. The molecule has 2 aromatic rings. The van der Waals surface area contributed by atoms with E-state index in [1.54, 1.807) is 18.2 Å². The van der Waals surface area contributed by atoms with E-state index in [1.165, 1.54) is 0 Å². The Morgan fingerprint density at radius 2 is 1.88 bits per heavy atom. The molecule has 0 fully saturated rings. The van der Waals surface area contributed by atoms with Crippen LogP contribution in [0.1, 0.15) is 15.9 Å². The molecule has 2 N–H and O–H groups in total. The minimum absolute atomic E-state index is 0.00588. The Morgan fingerprint density at radius 3 is 2.80 bits per heavy atom. The molecule has 0 radical (unpaired) electrons. The summed E-state index contributed by atoms with van der Waals surface area (Å²) in [5, 5.41) is 5.56. The van der Waals surface area contributed by atoms with E-state index in [0.29, 0.717) is 30.0 Å². The van der Waals surface area contributed by atoms with Crippen molar-refractivity contribution in [2.24, 2.45) is 0 Å². The number of benzene rings is 2. The molecule has 7 heteroatoms. The van der Waals surface area contributed by atoms with Crippen molar-refractivity contribution in [2.75, 3.05) is 25.3 Å². The fourth-order valence-corrected chi connectivity index (χ4v) is 2.74. The maximum absolute atomic E-state index is 12.3. The Balaban J connectivity index is 1.36. The highest BCUT2D eigenvalue weighted by molar-refractivity contribution is 5.99. The Bertz CT molecular complexity index is 849. The van der Waals surface area contributed by atoms with Gasteiger partial charge in [-0.15, -0.1) is 0 Å². The third-order valence-corrected chi connectivity index (χ3v) is 4.01. The number of carbonyl (C=O) groups is 2. The van der Waals surface area contributed by atoms with E-state index in [4.69, 9.17) is 14.2 Å². The molecule has 0 aromatic heterocycles. The lowest BCUT2D eigenvalue weighted by molar-refractivity contribution is -0.118.